The standard InChI is InChI=1S/C25H26/c1-17(20-14-13-19-9-5-6-10-21(19)16-20)15-24-18(2)22-11-7-8-12-23(22)25(24,3)4/h5-14,16-17,24H,2,15H2,1,3-4H3. The van der Waals surface area contributed by atoms with Gasteiger partial charge in [0.1, 0.15) is 0 Å². The highest BCUT2D eigenvalue weighted by molar-refractivity contribution is 5.83. The number of allylic oxidation sites excluding steroid dienone is 1. The van der Waals surface area contributed by atoms with Crippen LogP contribution in [0.1, 0.15) is 49.8 Å². The molecule has 0 spiro atoms. The molecule has 0 bridgehead atoms. The maximum Gasteiger partial charge on any atom is -0.00287 e. The molecule has 0 nitrogen and oxygen atoms in total. The molecular formula is C25H26. The average Bonchev–Trinajstić information content (AvgIpc) is 2.82. The zero-order valence-corrected chi connectivity index (χ0v) is 15.4. The highest BCUT2D eigenvalue weighted by Gasteiger charge is 2.42. The van der Waals surface area contributed by atoms with Crippen LogP contribution < -0.4 is 0 Å². The number of benzene rings is 3. The summed E-state index contributed by atoms with van der Waals surface area (Å²) in [4.78, 5) is 0. The van der Waals surface area contributed by atoms with E-state index in [1.54, 1.807) is 0 Å². The molecule has 4 rings (SSSR count). The molecule has 0 fully saturated rings. The first-order valence-corrected chi connectivity index (χ1v) is 9.26. The molecule has 0 amide bonds. The van der Waals surface area contributed by atoms with Crippen molar-refractivity contribution in [3.63, 3.8) is 0 Å². The molecule has 3 aromatic carbocycles. The molecule has 126 valence electrons. The highest BCUT2D eigenvalue weighted by Crippen LogP contribution is 2.52. The second kappa shape index (κ2) is 5.88. The van der Waals surface area contributed by atoms with E-state index in [-0.39, 0.29) is 5.41 Å². The van der Waals surface area contributed by atoms with Crippen LogP contribution >= 0.6 is 0 Å². The van der Waals surface area contributed by atoms with Gasteiger partial charge in [0.25, 0.3) is 0 Å². The largest absolute Gasteiger partial charge is 0.0949 e. The maximum atomic E-state index is 4.47. The SMILES string of the molecule is C=C1c2ccccc2C(C)(C)C1CC(C)c1ccc2ccccc2c1. The van der Waals surface area contributed by atoms with E-state index in [0.717, 1.165) is 6.42 Å². The Hall–Kier alpha value is -2.34. The van der Waals surface area contributed by atoms with Crippen LogP contribution in [-0.4, -0.2) is 0 Å². The maximum absolute atomic E-state index is 4.47. The molecule has 2 unspecified atom stereocenters. The summed E-state index contributed by atoms with van der Waals surface area (Å²) in [6, 6.07) is 24.3. The van der Waals surface area contributed by atoms with Crippen LogP contribution in [-0.2, 0) is 5.41 Å². The predicted octanol–water partition coefficient (Wildman–Crippen LogP) is 6.95. The Morgan fingerprint density at radius 2 is 1.60 bits per heavy atom. The first kappa shape index (κ1) is 16.1. The molecule has 1 aliphatic carbocycles. The van der Waals surface area contributed by atoms with Crippen LogP contribution in [0.5, 0.6) is 0 Å². The van der Waals surface area contributed by atoms with Gasteiger partial charge in [-0.25, -0.2) is 0 Å². The van der Waals surface area contributed by atoms with Crippen molar-refractivity contribution >= 4 is 16.3 Å². The normalized spacial score (nSPS) is 19.8. The molecule has 25 heavy (non-hydrogen) atoms. The van der Waals surface area contributed by atoms with Gasteiger partial charge < -0.3 is 0 Å². The van der Waals surface area contributed by atoms with Gasteiger partial charge in [-0.1, -0.05) is 94.1 Å². The van der Waals surface area contributed by atoms with Crippen molar-refractivity contribution in [3.8, 4) is 0 Å². The van der Waals surface area contributed by atoms with Crippen LogP contribution in [0, 0.1) is 5.92 Å². The molecule has 0 N–H and O–H groups in total. The molecular weight excluding hydrogens is 300 g/mol. The number of rotatable bonds is 3. The minimum atomic E-state index is 0.152. The van der Waals surface area contributed by atoms with Gasteiger partial charge in [-0.05, 0) is 56.7 Å². The zero-order valence-electron chi connectivity index (χ0n) is 15.4. The quantitative estimate of drug-likeness (QED) is 0.488. The van der Waals surface area contributed by atoms with E-state index in [9.17, 15) is 0 Å². The van der Waals surface area contributed by atoms with Crippen LogP contribution in [0.2, 0.25) is 0 Å². The first-order valence-electron chi connectivity index (χ1n) is 9.26. The van der Waals surface area contributed by atoms with E-state index in [0.29, 0.717) is 11.8 Å². The summed E-state index contributed by atoms with van der Waals surface area (Å²) in [5.41, 5.74) is 5.71. The van der Waals surface area contributed by atoms with Crippen LogP contribution in [0.3, 0.4) is 0 Å². The van der Waals surface area contributed by atoms with Crippen molar-refractivity contribution in [3.05, 3.63) is 90.0 Å². The predicted molar refractivity (Wildman–Crippen MR) is 109 cm³/mol. The molecule has 1 aliphatic rings. The average molecular weight is 326 g/mol. The molecule has 0 saturated heterocycles. The van der Waals surface area contributed by atoms with E-state index in [2.05, 4.69) is 94.1 Å². The van der Waals surface area contributed by atoms with Gasteiger partial charge in [-0.15, -0.1) is 0 Å². The Bertz CT molecular complexity index is 945. The lowest BCUT2D eigenvalue weighted by molar-refractivity contribution is 0.371. The summed E-state index contributed by atoms with van der Waals surface area (Å²) < 4.78 is 0. The lowest BCUT2D eigenvalue weighted by Crippen LogP contribution is -2.25. The monoisotopic (exact) mass is 326 g/mol. The summed E-state index contributed by atoms with van der Waals surface area (Å²) in [5, 5.41) is 2.65. The molecule has 0 radical (unpaired) electrons. The molecule has 2 atom stereocenters. The third kappa shape index (κ3) is 2.61. The first-order chi connectivity index (χ1) is 12.0. The molecule has 0 aliphatic heterocycles. The van der Waals surface area contributed by atoms with Crippen molar-refractivity contribution in [1.29, 1.82) is 0 Å². The highest BCUT2D eigenvalue weighted by atomic mass is 14.5. The van der Waals surface area contributed by atoms with Crippen molar-refractivity contribution < 1.29 is 0 Å². The molecule has 0 saturated carbocycles. The Morgan fingerprint density at radius 1 is 0.920 bits per heavy atom. The number of hydrogen-bond acceptors (Lipinski definition) is 0. The van der Waals surface area contributed by atoms with Gasteiger partial charge in [0.05, 0.1) is 0 Å². The fourth-order valence-corrected chi connectivity index (χ4v) is 4.58. The Kier molecular flexibility index (Phi) is 3.80. The minimum absolute atomic E-state index is 0.152. The number of fused-ring (bicyclic) bond motifs is 2. The summed E-state index contributed by atoms with van der Waals surface area (Å²) in [6.07, 6.45) is 1.14. The molecule has 0 heteroatoms. The van der Waals surface area contributed by atoms with Gasteiger partial charge in [0.15, 0.2) is 0 Å². The van der Waals surface area contributed by atoms with E-state index in [4.69, 9.17) is 0 Å². The van der Waals surface area contributed by atoms with Crippen LogP contribution in [0.15, 0.2) is 73.3 Å². The van der Waals surface area contributed by atoms with Crippen LogP contribution in [0.25, 0.3) is 16.3 Å². The van der Waals surface area contributed by atoms with Crippen molar-refractivity contribution in [1.82, 2.24) is 0 Å². The van der Waals surface area contributed by atoms with Gasteiger partial charge >= 0.3 is 0 Å². The third-order valence-corrected chi connectivity index (χ3v) is 6.19. The lowest BCUT2D eigenvalue weighted by atomic mass is 9.73. The van der Waals surface area contributed by atoms with E-state index in [1.165, 1.54) is 33.0 Å². The van der Waals surface area contributed by atoms with Crippen molar-refractivity contribution in [2.45, 2.75) is 38.5 Å². The second-order valence-electron chi connectivity index (χ2n) is 8.09. The summed E-state index contributed by atoms with van der Waals surface area (Å²) in [5.74, 6) is 1.01. The van der Waals surface area contributed by atoms with Gasteiger partial charge in [0, 0.05) is 0 Å². The fourth-order valence-electron chi connectivity index (χ4n) is 4.58. The van der Waals surface area contributed by atoms with Gasteiger partial charge in [-0.2, -0.15) is 0 Å². The van der Waals surface area contributed by atoms with Crippen LogP contribution in [0.4, 0.5) is 0 Å². The van der Waals surface area contributed by atoms with E-state index in [1.807, 2.05) is 0 Å². The van der Waals surface area contributed by atoms with Gasteiger partial charge in [0.2, 0.25) is 0 Å². The molecule has 0 aromatic heterocycles. The Balaban J connectivity index is 1.64. The Morgan fingerprint density at radius 3 is 2.36 bits per heavy atom. The van der Waals surface area contributed by atoms with Gasteiger partial charge in [-0.3, -0.25) is 0 Å². The minimum Gasteiger partial charge on any atom is -0.0949 e. The summed E-state index contributed by atoms with van der Waals surface area (Å²) in [7, 11) is 0. The lowest BCUT2D eigenvalue weighted by Gasteiger charge is -2.31. The summed E-state index contributed by atoms with van der Waals surface area (Å²) >= 11 is 0. The zero-order chi connectivity index (χ0) is 17.6. The molecule has 3 aromatic rings. The topological polar surface area (TPSA) is 0 Å². The second-order valence-corrected chi connectivity index (χ2v) is 8.09. The smallest absolute Gasteiger partial charge is 0.00287 e. The fraction of sp³-hybridized carbons (Fsp3) is 0.280. The van der Waals surface area contributed by atoms with E-state index >= 15 is 0 Å². The van der Waals surface area contributed by atoms with E-state index < -0.39 is 0 Å². The molecule has 0 heterocycles. The number of hydrogen-bond donors (Lipinski definition) is 0. The van der Waals surface area contributed by atoms with Crippen molar-refractivity contribution in [2.24, 2.45) is 5.92 Å². The third-order valence-electron chi connectivity index (χ3n) is 6.19. The summed E-state index contributed by atoms with van der Waals surface area (Å²) in [6.45, 7) is 11.6. The van der Waals surface area contributed by atoms with Crippen molar-refractivity contribution in [2.75, 3.05) is 0 Å². The Labute approximate surface area is 151 Å².